The standard InChI is InChI=1S/C8H7N5.CH4/c9-13-10-5-8-11-6-3-1-2-4-7(6)12-8;/h1-4H,5H2,(H,11,12);1H4. The molecule has 0 bridgehead atoms. The molecule has 0 unspecified atom stereocenters. The lowest BCUT2D eigenvalue weighted by molar-refractivity contribution is 0.946. The van der Waals surface area contributed by atoms with Crippen molar-refractivity contribution < 1.29 is 0 Å². The van der Waals surface area contributed by atoms with Gasteiger partial charge < -0.3 is 4.98 Å². The maximum atomic E-state index is 8.12. The lowest BCUT2D eigenvalue weighted by atomic mass is 10.3. The fourth-order valence-electron chi connectivity index (χ4n) is 1.18. The summed E-state index contributed by atoms with van der Waals surface area (Å²) < 4.78 is 0. The second-order valence-corrected chi connectivity index (χ2v) is 2.59. The number of para-hydroxylation sites is 2. The van der Waals surface area contributed by atoms with Crippen molar-refractivity contribution in [2.45, 2.75) is 14.0 Å². The zero-order valence-corrected chi connectivity index (χ0v) is 6.81. The number of rotatable bonds is 2. The summed E-state index contributed by atoms with van der Waals surface area (Å²) in [6.07, 6.45) is 0. The van der Waals surface area contributed by atoms with Crippen molar-refractivity contribution in [2.75, 3.05) is 0 Å². The smallest absolute Gasteiger partial charge is 0.113 e. The molecule has 0 saturated carbocycles. The predicted octanol–water partition coefficient (Wildman–Crippen LogP) is 3.01. The number of hydrogen-bond donors (Lipinski definition) is 1. The topological polar surface area (TPSA) is 77.4 Å². The van der Waals surface area contributed by atoms with Crippen LogP contribution in [-0.2, 0) is 6.54 Å². The van der Waals surface area contributed by atoms with Gasteiger partial charge in [-0.15, -0.1) is 0 Å². The van der Waals surface area contributed by atoms with E-state index in [4.69, 9.17) is 5.53 Å². The highest BCUT2D eigenvalue weighted by Crippen LogP contribution is 2.10. The Bertz CT molecular complexity index is 434. The van der Waals surface area contributed by atoms with Crippen molar-refractivity contribution in [3.8, 4) is 0 Å². The second kappa shape index (κ2) is 4.30. The molecule has 5 heteroatoms. The number of azide groups is 1. The minimum absolute atomic E-state index is 0. The number of imidazole rings is 1. The van der Waals surface area contributed by atoms with Gasteiger partial charge >= 0.3 is 0 Å². The summed E-state index contributed by atoms with van der Waals surface area (Å²) in [6.45, 7) is 0.269. The fraction of sp³-hybridized carbons (Fsp3) is 0.222. The first-order valence-electron chi connectivity index (χ1n) is 3.84. The van der Waals surface area contributed by atoms with Crippen molar-refractivity contribution in [1.29, 1.82) is 0 Å². The highest BCUT2D eigenvalue weighted by molar-refractivity contribution is 5.74. The van der Waals surface area contributed by atoms with Crippen molar-refractivity contribution in [2.24, 2.45) is 5.11 Å². The Labute approximate surface area is 81.4 Å². The summed E-state index contributed by atoms with van der Waals surface area (Å²) in [5.41, 5.74) is 9.98. The van der Waals surface area contributed by atoms with E-state index in [-0.39, 0.29) is 14.0 Å². The zero-order chi connectivity index (χ0) is 9.10. The molecule has 1 heterocycles. The van der Waals surface area contributed by atoms with E-state index < -0.39 is 0 Å². The van der Waals surface area contributed by atoms with Crippen LogP contribution in [0.4, 0.5) is 0 Å². The largest absolute Gasteiger partial charge is 0.342 e. The molecular weight excluding hydrogens is 178 g/mol. The first-order chi connectivity index (χ1) is 6.40. The first-order valence-corrected chi connectivity index (χ1v) is 3.84. The third kappa shape index (κ3) is 1.84. The number of nitrogens with one attached hydrogen (secondary N) is 1. The van der Waals surface area contributed by atoms with E-state index in [2.05, 4.69) is 20.0 Å². The van der Waals surface area contributed by atoms with Crippen LogP contribution in [0.2, 0.25) is 0 Å². The third-order valence-corrected chi connectivity index (χ3v) is 1.72. The molecular formula is C9H11N5. The van der Waals surface area contributed by atoms with Crippen molar-refractivity contribution in [1.82, 2.24) is 9.97 Å². The maximum Gasteiger partial charge on any atom is 0.113 e. The van der Waals surface area contributed by atoms with Gasteiger partial charge in [0.25, 0.3) is 0 Å². The number of aromatic nitrogens is 2. The fourth-order valence-corrected chi connectivity index (χ4v) is 1.18. The molecule has 1 aromatic heterocycles. The number of H-pyrrole nitrogens is 1. The van der Waals surface area contributed by atoms with Crippen LogP contribution in [0.5, 0.6) is 0 Å². The van der Waals surface area contributed by atoms with Crippen LogP contribution in [-0.4, -0.2) is 9.97 Å². The van der Waals surface area contributed by atoms with Crippen LogP contribution >= 0.6 is 0 Å². The quantitative estimate of drug-likeness (QED) is 0.440. The Balaban J connectivity index is 0.000000980. The lowest BCUT2D eigenvalue weighted by Gasteiger charge is -1.82. The van der Waals surface area contributed by atoms with Gasteiger partial charge in [-0.1, -0.05) is 24.7 Å². The highest BCUT2D eigenvalue weighted by Gasteiger charge is 1.98. The Morgan fingerprint density at radius 2 is 2.21 bits per heavy atom. The van der Waals surface area contributed by atoms with Crippen LogP contribution < -0.4 is 0 Å². The summed E-state index contributed by atoms with van der Waals surface area (Å²) in [4.78, 5) is 9.95. The van der Waals surface area contributed by atoms with Crippen LogP contribution in [0.1, 0.15) is 13.3 Å². The second-order valence-electron chi connectivity index (χ2n) is 2.59. The summed E-state index contributed by atoms with van der Waals surface area (Å²) in [7, 11) is 0. The van der Waals surface area contributed by atoms with Gasteiger partial charge in [-0.2, -0.15) is 0 Å². The molecule has 0 radical (unpaired) electrons. The molecule has 0 atom stereocenters. The average Bonchev–Trinajstić information content (AvgIpc) is 2.57. The van der Waals surface area contributed by atoms with Gasteiger partial charge in [0, 0.05) is 4.91 Å². The number of benzene rings is 1. The third-order valence-electron chi connectivity index (χ3n) is 1.72. The van der Waals surface area contributed by atoms with Gasteiger partial charge in [0.15, 0.2) is 0 Å². The first kappa shape index (κ1) is 10.1. The van der Waals surface area contributed by atoms with Gasteiger partial charge in [-0.25, -0.2) is 4.98 Å². The van der Waals surface area contributed by atoms with E-state index in [1.54, 1.807) is 0 Å². The number of nitrogens with zero attached hydrogens (tertiary/aromatic N) is 4. The van der Waals surface area contributed by atoms with Gasteiger partial charge in [-0.05, 0) is 17.7 Å². The van der Waals surface area contributed by atoms with Crippen LogP contribution in [0.3, 0.4) is 0 Å². The summed E-state index contributed by atoms with van der Waals surface area (Å²) in [5.74, 6) is 0.694. The molecule has 14 heavy (non-hydrogen) atoms. The maximum absolute atomic E-state index is 8.12. The molecule has 0 fully saturated rings. The molecule has 0 aliphatic carbocycles. The molecule has 1 aromatic carbocycles. The van der Waals surface area contributed by atoms with Gasteiger partial charge in [0.2, 0.25) is 0 Å². The molecule has 0 spiro atoms. The van der Waals surface area contributed by atoms with Gasteiger partial charge in [0.1, 0.15) is 5.82 Å². The highest BCUT2D eigenvalue weighted by atomic mass is 15.1. The van der Waals surface area contributed by atoms with Gasteiger partial charge in [-0.3, -0.25) is 0 Å². The lowest BCUT2D eigenvalue weighted by Crippen LogP contribution is -1.81. The molecule has 0 aliphatic heterocycles. The Hall–Kier alpha value is -2.00. The Morgan fingerprint density at radius 3 is 2.93 bits per heavy atom. The monoisotopic (exact) mass is 189 g/mol. The Kier molecular flexibility index (Phi) is 3.09. The number of hydrogen-bond acceptors (Lipinski definition) is 2. The molecule has 0 aliphatic rings. The summed E-state index contributed by atoms with van der Waals surface area (Å²) in [5, 5.41) is 3.42. The van der Waals surface area contributed by atoms with E-state index in [9.17, 15) is 0 Å². The normalized spacial score (nSPS) is 9.14. The van der Waals surface area contributed by atoms with Crippen molar-refractivity contribution in [3.05, 3.63) is 40.5 Å². The SMILES string of the molecule is C.[N-]=[N+]=NCc1nc2ccccc2[nH]1. The van der Waals surface area contributed by atoms with Crippen LogP contribution in [0.15, 0.2) is 29.4 Å². The van der Waals surface area contributed by atoms with E-state index in [1.807, 2.05) is 24.3 Å². The predicted molar refractivity (Wildman–Crippen MR) is 55.7 cm³/mol. The molecule has 0 saturated heterocycles. The van der Waals surface area contributed by atoms with E-state index >= 15 is 0 Å². The minimum atomic E-state index is 0. The average molecular weight is 189 g/mol. The molecule has 5 nitrogen and oxygen atoms in total. The van der Waals surface area contributed by atoms with E-state index in [0.29, 0.717) is 5.82 Å². The zero-order valence-electron chi connectivity index (χ0n) is 6.81. The van der Waals surface area contributed by atoms with Crippen LogP contribution in [0.25, 0.3) is 21.5 Å². The number of aromatic amines is 1. The Morgan fingerprint density at radius 1 is 1.43 bits per heavy atom. The van der Waals surface area contributed by atoms with E-state index in [1.165, 1.54) is 0 Å². The van der Waals surface area contributed by atoms with Crippen LogP contribution in [0, 0.1) is 0 Å². The van der Waals surface area contributed by atoms with E-state index in [0.717, 1.165) is 11.0 Å². The molecule has 2 rings (SSSR count). The molecule has 0 amide bonds. The molecule has 1 N–H and O–H groups in total. The number of fused-ring (bicyclic) bond motifs is 1. The molecule has 72 valence electrons. The summed E-state index contributed by atoms with van der Waals surface area (Å²) in [6, 6.07) is 7.69. The van der Waals surface area contributed by atoms with Crippen molar-refractivity contribution in [3.63, 3.8) is 0 Å². The summed E-state index contributed by atoms with van der Waals surface area (Å²) >= 11 is 0. The minimum Gasteiger partial charge on any atom is -0.342 e. The van der Waals surface area contributed by atoms with Gasteiger partial charge in [0.05, 0.1) is 17.6 Å². The molecule has 2 aromatic rings. The van der Waals surface area contributed by atoms with Crippen molar-refractivity contribution >= 4 is 11.0 Å².